The number of ether oxygens (including phenoxy) is 2. The summed E-state index contributed by atoms with van der Waals surface area (Å²) < 4.78 is 42.4. The van der Waals surface area contributed by atoms with Gasteiger partial charge in [0.05, 0.1) is 25.7 Å². The zero-order chi connectivity index (χ0) is 18.1. The quantitative estimate of drug-likeness (QED) is 0.304. The molecule has 1 aromatic rings. The number of allylic oxidation sites excluding steroid dienone is 1. The molecule has 25 heavy (non-hydrogen) atoms. The Morgan fingerprint density at radius 3 is 2.40 bits per heavy atom. The second-order valence-corrected chi connectivity index (χ2v) is 6.67. The Morgan fingerprint density at radius 2 is 1.92 bits per heavy atom. The minimum Gasteiger partial charge on any atom is -1.00 e. The van der Waals surface area contributed by atoms with Crippen LogP contribution in [0.3, 0.4) is 0 Å². The number of carbonyl (C=O) groups is 1. The van der Waals surface area contributed by atoms with E-state index in [1.807, 2.05) is 0 Å². The summed E-state index contributed by atoms with van der Waals surface area (Å²) in [7, 11) is -2.47. The van der Waals surface area contributed by atoms with Crippen LogP contribution in [0, 0.1) is 5.92 Å². The second-order valence-electron chi connectivity index (χ2n) is 5.06. The number of aliphatic hydroxyl groups is 1. The molecule has 8 nitrogen and oxygen atoms in total. The van der Waals surface area contributed by atoms with Crippen LogP contribution < -0.4 is 34.3 Å². The Hall–Kier alpha value is -1.36. The van der Waals surface area contributed by atoms with Crippen molar-refractivity contribution in [1.29, 1.82) is 0 Å². The van der Waals surface area contributed by atoms with Crippen molar-refractivity contribution in [2.75, 3.05) is 14.2 Å². The van der Waals surface area contributed by atoms with Crippen LogP contribution in [0.4, 0.5) is 0 Å². The Balaban J connectivity index is 0.00000312. The molecule has 0 aromatic heterocycles. The third-order valence-corrected chi connectivity index (χ3v) is 4.85. The zero-order valence-corrected chi connectivity index (χ0v) is 16.6. The van der Waals surface area contributed by atoms with Gasteiger partial charge in [-0.25, -0.2) is 0 Å². The maximum Gasteiger partial charge on any atom is 1.00 e. The van der Waals surface area contributed by atoms with Crippen LogP contribution in [0.25, 0.3) is 0 Å². The average Bonchev–Trinajstić information content (AvgIpc) is 2.52. The molecule has 3 N–H and O–H groups in total. The summed E-state index contributed by atoms with van der Waals surface area (Å²) in [5, 5.41) is 20.4. The number of phenolic OH excluding ortho intramolecular Hbond substituents is 1. The molecule has 1 aromatic carbocycles. The maximum atomic E-state index is 12.6. The van der Waals surface area contributed by atoms with Gasteiger partial charge in [0.1, 0.15) is 17.3 Å². The van der Waals surface area contributed by atoms with E-state index in [2.05, 4.69) is 0 Å². The summed E-state index contributed by atoms with van der Waals surface area (Å²) >= 11 is 0. The summed E-state index contributed by atoms with van der Waals surface area (Å²) in [5.74, 6) is -2.79. The molecule has 132 valence electrons. The van der Waals surface area contributed by atoms with Crippen molar-refractivity contribution in [2.24, 2.45) is 5.92 Å². The van der Waals surface area contributed by atoms with Crippen molar-refractivity contribution in [2.45, 2.75) is 4.93 Å². The van der Waals surface area contributed by atoms with Crippen LogP contribution in [0.1, 0.15) is 11.8 Å². The third-order valence-electron chi connectivity index (χ3n) is 3.65. The van der Waals surface area contributed by atoms with Crippen LogP contribution >= 0.6 is 0 Å². The summed E-state index contributed by atoms with van der Waals surface area (Å²) in [5.41, 5.74) is -0.234. The molecule has 0 radical (unpaired) electrons. The predicted molar refractivity (Wildman–Crippen MR) is 84.3 cm³/mol. The molecule has 1 aliphatic rings. The van der Waals surface area contributed by atoms with E-state index in [1.54, 1.807) is 0 Å². The van der Waals surface area contributed by atoms with Crippen molar-refractivity contribution in [3.8, 4) is 11.5 Å². The fourth-order valence-electron chi connectivity index (χ4n) is 2.32. The molecule has 2 rings (SSSR count). The molecule has 10 heteroatoms. The summed E-state index contributed by atoms with van der Waals surface area (Å²) in [6.45, 7) is 0. The first-order valence-electron chi connectivity index (χ1n) is 6.69. The van der Waals surface area contributed by atoms with Gasteiger partial charge in [0.2, 0.25) is 4.93 Å². The van der Waals surface area contributed by atoms with Gasteiger partial charge < -0.3 is 21.1 Å². The maximum absolute atomic E-state index is 12.6. The van der Waals surface area contributed by atoms with Gasteiger partial charge in [-0.05, 0) is 18.2 Å². The number of aromatic hydroxyl groups is 1. The second kappa shape index (κ2) is 7.90. The normalized spacial score (nSPS) is 22.6. The molecule has 1 aliphatic carbocycles. The van der Waals surface area contributed by atoms with Gasteiger partial charge in [0.25, 0.3) is 10.1 Å². The van der Waals surface area contributed by atoms with Gasteiger partial charge in [-0.15, -0.1) is 0 Å². The Labute approximate surface area is 168 Å². The molecule has 0 amide bonds. The Morgan fingerprint density at radius 1 is 1.28 bits per heavy atom. The van der Waals surface area contributed by atoms with Gasteiger partial charge in [-0.3, -0.25) is 9.35 Å². The van der Waals surface area contributed by atoms with Crippen LogP contribution in [-0.2, 0) is 14.9 Å². The average molecular weight is 380 g/mol. The van der Waals surface area contributed by atoms with E-state index in [0.717, 1.165) is 12.2 Å². The minimum atomic E-state index is -5.08. The van der Waals surface area contributed by atoms with E-state index in [9.17, 15) is 28.0 Å². The van der Waals surface area contributed by atoms with E-state index in [-0.39, 0.29) is 48.1 Å². The number of ketones is 1. The van der Waals surface area contributed by atoms with E-state index in [0.29, 0.717) is 0 Å². The molecule has 0 saturated carbocycles. The van der Waals surface area contributed by atoms with E-state index in [4.69, 9.17) is 9.47 Å². The van der Waals surface area contributed by atoms with E-state index >= 15 is 0 Å². The van der Waals surface area contributed by atoms with Crippen molar-refractivity contribution in [3.05, 3.63) is 47.7 Å². The first kappa shape index (κ1) is 21.7. The molecular weight excluding hydrogens is 363 g/mol. The predicted octanol–water partition coefficient (Wildman–Crippen LogP) is -2.01. The van der Waals surface area contributed by atoms with Gasteiger partial charge in [-0.1, -0.05) is 6.08 Å². The molecular formula is C15H17NaO8S. The SMILES string of the molecule is COC1=CC(O)(S(=O)(=O)O)C(C(=O)c2ccc(OC)cc2O)C=C1.[H-].[Na+]. The minimum absolute atomic E-state index is 0. The fraction of sp³-hybridized carbons (Fsp3) is 0.267. The number of Topliss-reactive ketones (excluding diaryl/α,β-unsaturated/α-hetero) is 1. The first-order chi connectivity index (χ1) is 11.1. The first-order valence-corrected chi connectivity index (χ1v) is 8.13. The molecule has 2 unspecified atom stereocenters. The molecule has 0 fully saturated rings. The largest absolute Gasteiger partial charge is 1.00 e. The van der Waals surface area contributed by atoms with Crippen LogP contribution in [0.2, 0.25) is 0 Å². The number of phenols is 1. The molecule has 0 spiro atoms. The summed E-state index contributed by atoms with van der Waals surface area (Å²) in [6, 6.07) is 3.79. The monoisotopic (exact) mass is 380 g/mol. The zero-order valence-electron chi connectivity index (χ0n) is 14.8. The number of hydrogen-bond donors (Lipinski definition) is 3. The molecule has 0 saturated heterocycles. The number of rotatable bonds is 5. The smallest absolute Gasteiger partial charge is 1.00 e. The van der Waals surface area contributed by atoms with Gasteiger partial charge in [0, 0.05) is 12.1 Å². The number of carbonyl (C=O) groups excluding carboxylic acids is 1. The van der Waals surface area contributed by atoms with Crippen LogP contribution in [0.5, 0.6) is 11.5 Å². The van der Waals surface area contributed by atoms with E-state index < -0.39 is 32.5 Å². The summed E-state index contributed by atoms with van der Waals surface area (Å²) in [4.78, 5) is 9.70. The number of hydrogen-bond acceptors (Lipinski definition) is 7. The van der Waals surface area contributed by atoms with Gasteiger partial charge in [0.15, 0.2) is 5.78 Å². The third kappa shape index (κ3) is 4.08. The number of benzene rings is 1. The van der Waals surface area contributed by atoms with Crippen molar-refractivity contribution in [1.82, 2.24) is 0 Å². The standard InChI is InChI=1S/C15H16O8S.Na.H/c1-22-9-3-5-11(13(16)7-9)14(17)12-6-4-10(23-2)8-15(12,18)24(19,20)21;;/h3-8,12,16,18H,1-2H3,(H,19,20,21);;/q;+1;-1. The van der Waals surface area contributed by atoms with Crippen LogP contribution in [-0.4, -0.2) is 48.1 Å². The van der Waals surface area contributed by atoms with Crippen molar-refractivity contribution < 1.29 is 68.4 Å². The van der Waals surface area contributed by atoms with Gasteiger partial charge >= 0.3 is 29.6 Å². The summed E-state index contributed by atoms with van der Waals surface area (Å²) in [6.07, 6.45) is 3.09. The fourth-order valence-corrected chi connectivity index (χ4v) is 3.09. The molecule has 0 heterocycles. The topological polar surface area (TPSA) is 130 Å². The molecule has 2 atom stereocenters. The number of methoxy groups -OCH3 is 2. The van der Waals surface area contributed by atoms with Crippen LogP contribution in [0.15, 0.2) is 42.2 Å². The molecule has 0 bridgehead atoms. The Kier molecular flexibility index (Phi) is 6.85. The van der Waals surface area contributed by atoms with Crippen molar-refractivity contribution in [3.63, 3.8) is 0 Å². The van der Waals surface area contributed by atoms with Gasteiger partial charge in [-0.2, -0.15) is 8.42 Å². The van der Waals surface area contributed by atoms with Crippen molar-refractivity contribution >= 4 is 15.9 Å². The molecule has 0 aliphatic heterocycles. The Bertz CT molecular complexity index is 836. The van der Waals surface area contributed by atoms with E-state index in [1.165, 1.54) is 38.5 Å².